The predicted molar refractivity (Wildman–Crippen MR) is 58.9 cm³/mol. The maximum atomic E-state index is 8.71. The van der Waals surface area contributed by atoms with Crippen molar-refractivity contribution in [1.29, 1.82) is 5.26 Å². The highest BCUT2D eigenvalue weighted by atomic mass is 79.9. The van der Waals surface area contributed by atoms with Gasteiger partial charge in [0, 0.05) is 4.47 Å². The van der Waals surface area contributed by atoms with Crippen LogP contribution < -0.4 is 10.5 Å². The Morgan fingerprint density at radius 1 is 1.64 bits per heavy atom. The molecule has 14 heavy (non-hydrogen) atoms. The third-order valence-electron chi connectivity index (χ3n) is 1.76. The monoisotopic (exact) mass is 254 g/mol. The highest BCUT2D eigenvalue weighted by molar-refractivity contribution is 9.10. The van der Waals surface area contributed by atoms with E-state index in [2.05, 4.69) is 22.0 Å². The molecule has 0 saturated heterocycles. The van der Waals surface area contributed by atoms with Gasteiger partial charge in [-0.15, -0.1) is 0 Å². The molecule has 0 aliphatic heterocycles. The van der Waals surface area contributed by atoms with E-state index < -0.39 is 6.10 Å². The average Bonchev–Trinajstić information content (AvgIpc) is 2.17. The molecule has 0 heterocycles. The first kappa shape index (κ1) is 10.9. The number of nitrogen functional groups attached to an aromatic ring is 1. The van der Waals surface area contributed by atoms with Gasteiger partial charge in [-0.05, 0) is 24.6 Å². The molecule has 0 spiro atoms. The molecule has 1 rings (SSSR count). The number of anilines is 1. The van der Waals surface area contributed by atoms with Crippen molar-refractivity contribution >= 4 is 21.6 Å². The summed E-state index contributed by atoms with van der Waals surface area (Å²) in [6.45, 7) is 1.89. The molecule has 0 fully saturated rings. The maximum Gasteiger partial charge on any atom is 0.184 e. The maximum absolute atomic E-state index is 8.71. The number of benzene rings is 1. The summed E-state index contributed by atoms with van der Waals surface area (Å²) >= 11 is 3.30. The molecule has 0 bridgehead atoms. The van der Waals surface area contributed by atoms with Gasteiger partial charge in [0.25, 0.3) is 0 Å². The van der Waals surface area contributed by atoms with Gasteiger partial charge in [-0.25, -0.2) is 0 Å². The number of nitrogens with two attached hydrogens (primary N) is 1. The van der Waals surface area contributed by atoms with Crippen LogP contribution in [0.2, 0.25) is 0 Å². The van der Waals surface area contributed by atoms with E-state index in [0.29, 0.717) is 17.9 Å². The zero-order valence-electron chi connectivity index (χ0n) is 7.83. The van der Waals surface area contributed by atoms with E-state index in [-0.39, 0.29) is 0 Å². The minimum absolute atomic E-state index is 0.432. The smallest absolute Gasteiger partial charge is 0.184 e. The Hall–Kier alpha value is -1.21. The number of nitrogens with zero attached hydrogens (tertiary/aromatic N) is 1. The van der Waals surface area contributed by atoms with Crippen molar-refractivity contribution in [3.05, 3.63) is 22.7 Å². The molecule has 2 N–H and O–H groups in total. The summed E-state index contributed by atoms with van der Waals surface area (Å²) in [6.07, 6.45) is 0.213. The minimum Gasteiger partial charge on any atom is -0.473 e. The number of hydrogen-bond donors (Lipinski definition) is 1. The summed E-state index contributed by atoms with van der Waals surface area (Å²) in [7, 11) is 0. The van der Waals surface area contributed by atoms with Crippen LogP contribution in [0.1, 0.15) is 13.3 Å². The molecule has 1 atom stereocenters. The first-order chi connectivity index (χ1) is 6.67. The molecule has 0 aliphatic rings. The van der Waals surface area contributed by atoms with Crippen LogP contribution in [0.4, 0.5) is 5.69 Å². The third kappa shape index (κ3) is 2.64. The van der Waals surface area contributed by atoms with E-state index in [1.165, 1.54) is 0 Å². The topological polar surface area (TPSA) is 59.0 Å². The first-order valence-corrected chi connectivity index (χ1v) is 5.08. The number of ether oxygens (including phenoxy) is 1. The quantitative estimate of drug-likeness (QED) is 0.844. The fourth-order valence-corrected chi connectivity index (χ4v) is 1.36. The second kappa shape index (κ2) is 4.87. The van der Waals surface area contributed by atoms with Crippen LogP contribution in [0.3, 0.4) is 0 Å². The molecule has 1 unspecified atom stereocenters. The van der Waals surface area contributed by atoms with Crippen molar-refractivity contribution in [2.45, 2.75) is 19.4 Å². The number of halogens is 1. The van der Waals surface area contributed by atoms with Gasteiger partial charge < -0.3 is 10.5 Å². The van der Waals surface area contributed by atoms with Crippen LogP contribution in [0.25, 0.3) is 0 Å². The van der Waals surface area contributed by atoms with Gasteiger partial charge in [0.15, 0.2) is 6.10 Å². The summed E-state index contributed by atoms with van der Waals surface area (Å²) in [4.78, 5) is 0. The lowest BCUT2D eigenvalue weighted by atomic mass is 10.2. The van der Waals surface area contributed by atoms with Crippen LogP contribution >= 0.6 is 15.9 Å². The fraction of sp³-hybridized carbons (Fsp3) is 0.300. The molecule has 1 aromatic carbocycles. The van der Waals surface area contributed by atoms with E-state index in [9.17, 15) is 0 Å². The Balaban J connectivity index is 2.82. The van der Waals surface area contributed by atoms with Crippen molar-refractivity contribution in [3.8, 4) is 11.8 Å². The molecule has 0 aromatic heterocycles. The standard InChI is InChI=1S/C10H11BrN2O/c1-2-8(6-12)14-10-4-3-7(11)5-9(10)13/h3-5,8H,2,13H2,1H3. The Labute approximate surface area is 91.6 Å². The highest BCUT2D eigenvalue weighted by Crippen LogP contribution is 2.26. The van der Waals surface area contributed by atoms with Gasteiger partial charge in [0.05, 0.1) is 5.69 Å². The normalized spacial score (nSPS) is 11.8. The number of hydrogen-bond acceptors (Lipinski definition) is 3. The molecule has 74 valence electrons. The molecule has 4 heteroatoms. The molecule has 1 aromatic rings. The molecule has 0 amide bonds. The lowest BCUT2D eigenvalue weighted by Gasteiger charge is -2.12. The molecular formula is C10H11BrN2O. The zero-order chi connectivity index (χ0) is 10.6. The van der Waals surface area contributed by atoms with Crippen molar-refractivity contribution in [2.75, 3.05) is 5.73 Å². The third-order valence-corrected chi connectivity index (χ3v) is 2.25. The average molecular weight is 255 g/mol. The Kier molecular flexibility index (Phi) is 3.78. The van der Waals surface area contributed by atoms with Crippen LogP contribution in [-0.2, 0) is 0 Å². The van der Waals surface area contributed by atoms with Crippen molar-refractivity contribution in [3.63, 3.8) is 0 Å². The van der Waals surface area contributed by atoms with E-state index in [1.807, 2.05) is 13.0 Å². The van der Waals surface area contributed by atoms with Crippen LogP contribution in [0, 0.1) is 11.3 Å². The lowest BCUT2D eigenvalue weighted by Crippen LogP contribution is -2.13. The molecule has 3 nitrogen and oxygen atoms in total. The number of nitriles is 1. The largest absolute Gasteiger partial charge is 0.473 e. The summed E-state index contributed by atoms with van der Waals surface area (Å²) in [6, 6.07) is 7.38. The van der Waals surface area contributed by atoms with Crippen molar-refractivity contribution in [2.24, 2.45) is 0 Å². The summed E-state index contributed by atoms with van der Waals surface area (Å²) in [5, 5.41) is 8.71. The second-order valence-electron chi connectivity index (χ2n) is 2.83. The first-order valence-electron chi connectivity index (χ1n) is 4.28. The molecule has 0 saturated carbocycles. The van der Waals surface area contributed by atoms with Gasteiger partial charge in [0.1, 0.15) is 11.8 Å². The zero-order valence-corrected chi connectivity index (χ0v) is 9.41. The Morgan fingerprint density at radius 3 is 2.86 bits per heavy atom. The second-order valence-corrected chi connectivity index (χ2v) is 3.74. The van der Waals surface area contributed by atoms with Crippen LogP contribution in [0.15, 0.2) is 22.7 Å². The molecule has 0 aliphatic carbocycles. The predicted octanol–water partition coefficient (Wildman–Crippen LogP) is 2.71. The van der Waals surface area contributed by atoms with E-state index >= 15 is 0 Å². The molecular weight excluding hydrogens is 244 g/mol. The number of rotatable bonds is 3. The fourth-order valence-electron chi connectivity index (χ4n) is 0.981. The van der Waals surface area contributed by atoms with Gasteiger partial charge in [0.2, 0.25) is 0 Å². The lowest BCUT2D eigenvalue weighted by molar-refractivity contribution is 0.253. The highest BCUT2D eigenvalue weighted by Gasteiger charge is 2.08. The van der Waals surface area contributed by atoms with Crippen molar-refractivity contribution < 1.29 is 4.74 Å². The SMILES string of the molecule is CCC(C#N)Oc1ccc(Br)cc1N. The van der Waals surface area contributed by atoms with E-state index in [4.69, 9.17) is 15.7 Å². The van der Waals surface area contributed by atoms with Gasteiger partial charge >= 0.3 is 0 Å². The van der Waals surface area contributed by atoms with E-state index in [1.54, 1.807) is 12.1 Å². The van der Waals surface area contributed by atoms with Gasteiger partial charge in [-0.3, -0.25) is 0 Å². The summed E-state index contributed by atoms with van der Waals surface area (Å²) in [5.74, 6) is 0.557. The Bertz CT molecular complexity index is 360. The summed E-state index contributed by atoms with van der Waals surface area (Å²) < 4.78 is 6.29. The van der Waals surface area contributed by atoms with Crippen molar-refractivity contribution in [1.82, 2.24) is 0 Å². The van der Waals surface area contributed by atoms with Gasteiger partial charge in [-0.1, -0.05) is 22.9 Å². The van der Waals surface area contributed by atoms with Crippen LogP contribution in [0.5, 0.6) is 5.75 Å². The van der Waals surface area contributed by atoms with E-state index in [0.717, 1.165) is 4.47 Å². The minimum atomic E-state index is -0.432. The van der Waals surface area contributed by atoms with Crippen LogP contribution in [-0.4, -0.2) is 6.10 Å². The molecule has 0 radical (unpaired) electrons. The van der Waals surface area contributed by atoms with Gasteiger partial charge in [-0.2, -0.15) is 5.26 Å². The summed E-state index contributed by atoms with van der Waals surface area (Å²) in [5.41, 5.74) is 6.25. The Morgan fingerprint density at radius 2 is 2.36 bits per heavy atom.